The van der Waals surface area contributed by atoms with Crippen LogP contribution in [0.15, 0.2) is 53.9 Å². The number of likely N-dealkylation sites (N-methyl/N-ethyl adjacent to an activating group) is 1. The van der Waals surface area contributed by atoms with Crippen molar-refractivity contribution in [3.05, 3.63) is 64.9 Å². The van der Waals surface area contributed by atoms with Crippen molar-refractivity contribution in [2.45, 2.75) is 25.4 Å². The zero-order valence-corrected chi connectivity index (χ0v) is 19.2. The Bertz CT molecular complexity index is 1090. The van der Waals surface area contributed by atoms with Crippen LogP contribution in [0.1, 0.15) is 18.1 Å². The van der Waals surface area contributed by atoms with Crippen LogP contribution < -0.4 is 5.32 Å². The predicted octanol–water partition coefficient (Wildman–Crippen LogP) is 3.98. The van der Waals surface area contributed by atoms with E-state index < -0.39 is 0 Å². The van der Waals surface area contributed by atoms with E-state index in [9.17, 15) is 9.59 Å². The Morgan fingerprint density at radius 3 is 2.74 bits per heavy atom. The largest absolute Gasteiger partial charge is 0.336 e. The average molecular weight is 458 g/mol. The lowest BCUT2D eigenvalue weighted by atomic mass is 10.1. The van der Waals surface area contributed by atoms with Gasteiger partial charge in [-0.25, -0.2) is 0 Å². The summed E-state index contributed by atoms with van der Waals surface area (Å²) in [7, 11) is 1.61. The number of hydrogen-bond donors (Lipinski definition) is 1. The van der Waals surface area contributed by atoms with Crippen LogP contribution >= 0.6 is 23.4 Å². The van der Waals surface area contributed by atoms with Crippen LogP contribution in [0.5, 0.6) is 0 Å². The molecule has 0 radical (unpaired) electrons. The summed E-state index contributed by atoms with van der Waals surface area (Å²) in [5.74, 6) is -0.284. The monoisotopic (exact) mass is 457 g/mol. The summed E-state index contributed by atoms with van der Waals surface area (Å²) < 4.78 is 1.78. The summed E-state index contributed by atoms with van der Waals surface area (Å²) in [6.07, 6.45) is 2.39. The van der Waals surface area contributed by atoms with E-state index in [2.05, 4.69) is 15.5 Å². The molecule has 0 saturated heterocycles. The molecule has 0 bridgehead atoms. The van der Waals surface area contributed by atoms with Crippen molar-refractivity contribution < 1.29 is 9.59 Å². The molecule has 1 heterocycles. The van der Waals surface area contributed by atoms with Crippen LogP contribution in [0.2, 0.25) is 5.02 Å². The van der Waals surface area contributed by atoms with Gasteiger partial charge in [0.25, 0.3) is 0 Å². The molecule has 0 atom stereocenters. The van der Waals surface area contributed by atoms with Gasteiger partial charge in [0.15, 0.2) is 5.16 Å². The standard InChI is InChI=1S/C22H24ClN5O2S/c1-4-16-7-5-6-8-19(16)25-20(29)12-27(3)21(30)13-31-22-26-24-14-28(22)17-10-9-15(2)18(23)11-17/h5-11,14H,4,12-13H2,1-3H3,(H,25,29). The Hall–Kier alpha value is -2.84. The quantitative estimate of drug-likeness (QED) is 0.517. The minimum atomic E-state index is -0.237. The molecule has 1 N–H and O–H groups in total. The highest BCUT2D eigenvalue weighted by molar-refractivity contribution is 7.99. The van der Waals surface area contributed by atoms with Gasteiger partial charge in [-0.2, -0.15) is 0 Å². The lowest BCUT2D eigenvalue weighted by molar-refractivity contribution is -0.131. The maximum atomic E-state index is 12.5. The first-order chi connectivity index (χ1) is 14.9. The van der Waals surface area contributed by atoms with Crippen LogP contribution in [0.4, 0.5) is 5.69 Å². The minimum Gasteiger partial charge on any atom is -0.336 e. The number of nitrogens with one attached hydrogen (secondary N) is 1. The lowest BCUT2D eigenvalue weighted by Crippen LogP contribution is -2.36. The molecular weight excluding hydrogens is 434 g/mol. The molecule has 0 unspecified atom stereocenters. The van der Waals surface area contributed by atoms with Gasteiger partial charge in [0.2, 0.25) is 11.8 Å². The first-order valence-electron chi connectivity index (χ1n) is 9.80. The molecule has 3 aromatic rings. The van der Waals surface area contributed by atoms with E-state index in [0.29, 0.717) is 10.2 Å². The van der Waals surface area contributed by atoms with Crippen LogP contribution in [0.3, 0.4) is 0 Å². The number of aryl methyl sites for hydroxylation is 2. The Morgan fingerprint density at radius 2 is 2.00 bits per heavy atom. The maximum absolute atomic E-state index is 12.5. The molecule has 9 heteroatoms. The van der Waals surface area contributed by atoms with Crippen molar-refractivity contribution in [3.63, 3.8) is 0 Å². The Kier molecular flexibility index (Phi) is 7.70. The van der Waals surface area contributed by atoms with Gasteiger partial charge >= 0.3 is 0 Å². The molecule has 0 saturated carbocycles. The maximum Gasteiger partial charge on any atom is 0.243 e. The second-order valence-corrected chi connectivity index (χ2v) is 8.36. The summed E-state index contributed by atoms with van der Waals surface area (Å²) >= 11 is 7.47. The number of anilines is 1. The van der Waals surface area contributed by atoms with E-state index in [-0.39, 0.29) is 24.1 Å². The SMILES string of the molecule is CCc1ccccc1NC(=O)CN(C)C(=O)CSc1nncn1-c1ccc(C)c(Cl)c1. The highest BCUT2D eigenvalue weighted by atomic mass is 35.5. The third-order valence-electron chi connectivity index (χ3n) is 4.75. The van der Waals surface area contributed by atoms with Crippen molar-refractivity contribution in [2.75, 3.05) is 24.7 Å². The first kappa shape index (κ1) is 22.8. The van der Waals surface area contributed by atoms with Crippen LogP contribution in [-0.2, 0) is 16.0 Å². The fraction of sp³-hybridized carbons (Fsp3) is 0.273. The van der Waals surface area contributed by atoms with E-state index >= 15 is 0 Å². The number of nitrogens with zero attached hydrogens (tertiary/aromatic N) is 4. The molecule has 3 rings (SSSR count). The van der Waals surface area contributed by atoms with E-state index in [0.717, 1.165) is 28.9 Å². The van der Waals surface area contributed by atoms with Gasteiger partial charge < -0.3 is 10.2 Å². The van der Waals surface area contributed by atoms with Crippen molar-refractivity contribution in [1.82, 2.24) is 19.7 Å². The van der Waals surface area contributed by atoms with Gasteiger partial charge in [-0.15, -0.1) is 10.2 Å². The lowest BCUT2D eigenvalue weighted by Gasteiger charge is -2.17. The molecule has 31 heavy (non-hydrogen) atoms. The highest BCUT2D eigenvalue weighted by Crippen LogP contribution is 2.24. The third kappa shape index (κ3) is 5.86. The normalized spacial score (nSPS) is 10.7. The molecule has 1 aromatic heterocycles. The first-order valence-corrected chi connectivity index (χ1v) is 11.2. The number of thioether (sulfide) groups is 1. The number of carbonyl (C=O) groups is 2. The highest BCUT2D eigenvalue weighted by Gasteiger charge is 2.16. The van der Waals surface area contributed by atoms with Crippen molar-refractivity contribution >= 4 is 40.9 Å². The topological polar surface area (TPSA) is 80.1 Å². The smallest absolute Gasteiger partial charge is 0.243 e. The molecule has 7 nitrogen and oxygen atoms in total. The number of aromatic nitrogens is 3. The van der Waals surface area contributed by atoms with E-state index in [1.54, 1.807) is 17.9 Å². The molecule has 0 spiro atoms. The molecule has 0 aliphatic heterocycles. The van der Waals surface area contributed by atoms with Crippen molar-refractivity contribution in [3.8, 4) is 5.69 Å². The number of benzene rings is 2. The molecule has 0 aliphatic carbocycles. The van der Waals surface area contributed by atoms with Gasteiger partial charge in [-0.1, -0.05) is 54.6 Å². The number of carbonyl (C=O) groups excluding carboxylic acids is 2. The molecule has 0 aliphatic rings. The number of hydrogen-bond acceptors (Lipinski definition) is 5. The molecular formula is C22H24ClN5O2S. The molecule has 2 amide bonds. The predicted molar refractivity (Wildman–Crippen MR) is 124 cm³/mol. The molecule has 0 fully saturated rings. The summed E-state index contributed by atoms with van der Waals surface area (Å²) in [6, 6.07) is 13.3. The fourth-order valence-electron chi connectivity index (χ4n) is 2.91. The van der Waals surface area contributed by atoms with Crippen LogP contribution in [-0.4, -0.2) is 50.8 Å². The molecule has 2 aromatic carbocycles. The zero-order valence-electron chi connectivity index (χ0n) is 17.6. The molecule has 162 valence electrons. The van der Waals surface area contributed by atoms with Crippen LogP contribution in [0.25, 0.3) is 5.69 Å². The van der Waals surface area contributed by atoms with E-state index in [1.165, 1.54) is 16.7 Å². The van der Waals surface area contributed by atoms with Gasteiger partial charge in [0, 0.05) is 17.8 Å². The Balaban J connectivity index is 1.57. The number of amides is 2. The summed E-state index contributed by atoms with van der Waals surface area (Å²) in [5.41, 5.74) is 3.62. The number of rotatable bonds is 8. The average Bonchev–Trinajstić information content (AvgIpc) is 3.22. The van der Waals surface area contributed by atoms with E-state index in [1.807, 2.05) is 56.3 Å². The summed E-state index contributed by atoms with van der Waals surface area (Å²) in [4.78, 5) is 26.3. The zero-order chi connectivity index (χ0) is 22.4. The third-order valence-corrected chi connectivity index (χ3v) is 6.09. The second-order valence-electron chi connectivity index (χ2n) is 7.01. The van der Waals surface area contributed by atoms with Gasteiger partial charge in [-0.3, -0.25) is 14.2 Å². The van der Waals surface area contributed by atoms with Crippen molar-refractivity contribution in [2.24, 2.45) is 0 Å². The van der Waals surface area contributed by atoms with Gasteiger partial charge in [-0.05, 0) is 42.7 Å². The van der Waals surface area contributed by atoms with E-state index in [4.69, 9.17) is 11.6 Å². The second kappa shape index (κ2) is 10.5. The van der Waals surface area contributed by atoms with Gasteiger partial charge in [0.1, 0.15) is 6.33 Å². The minimum absolute atomic E-state index is 0.0301. The van der Waals surface area contributed by atoms with Gasteiger partial charge in [0.05, 0.1) is 18.0 Å². The van der Waals surface area contributed by atoms with Crippen LogP contribution in [0, 0.1) is 6.92 Å². The Morgan fingerprint density at radius 1 is 1.23 bits per heavy atom. The number of para-hydroxylation sites is 1. The number of halogens is 1. The van der Waals surface area contributed by atoms with Crippen molar-refractivity contribution in [1.29, 1.82) is 0 Å². The fourth-order valence-corrected chi connectivity index (χ4v) is 3.96. The Labute approximate surface area is 190 Å². The summed E-state index contributed by atoms with van der Waals surface area (Å²) in [5, 5.41) is 12.1. The summed E-state index contributed by atoms with van der Waals surface area (Å²) in [6.45, 7) is 3.93.